The van der Waals surface area contributed by atoms with Crippen molar-refractivity contribution >= 4 is 17.6 Å². The predicted octanol–water partition coefficient (Wildman–Crippen LogP) is 2.17. The second-order valence-corrected chi connectivity index (χ2v) is 5.79. The molecule has 1 aliphatic rings. The first-order valence-electron chi connectivity index (χ1n) is 5.79. The standard InChI is InChI=1S/C12H18N2OS/c1-9-10(2)16-12(13-9)7-14-5-3-11(8-15)4-6-14/h8,11H,3-7H2,1-2H3. The number of hydrogen-bond acceptors (Lipinski definition) is 4. The lowest BCUT2D eigenvalue weighted by Gasteiger charge is -2.28. The fraction of sp³-hybridized carbons (Fsp3) is 0.667. The first-order chi connectivity index (χ1) is 7.69. The maximum Gasteiger partial charge on any atom is 0.123 e. The molecule has 0 atom stereocenters. The van der Waals surface area contributed by atoms with E-state index in [0.29, 0.717) is 0 Å². The van der Waals surface area contributed by atoms with E-state index in [0.717, 1.165) is 44.5 Å². The van der Waals surface area contributed by atoms with E-state index >= 15 is 0 Å². The fourth-order valence-electron chi connectivity index (χ4n) is 2.05. The molecule has 0 aliphatic carbocycles. The monoisotopic (exact) mass is 238 g/mol. The van der Waals surface area contributed by atoms with E-state index in [9.17, 15) is 4.79 Å². The summed E-state index contributed by atoms with van der Waals surface area (Å²) in [5.74, 6) is 0.288. The number of carbonyl (C=O) groups excluding carboxylic acids is 1. The Balaban J connectivity index is 1.89. The summed E-state index contributed by atoms with van der Waals surface area (Å²) in [6.07, 6.45) is 3.12. The summed E-state index contributed by atoms with van der Waals surface area (Å²) in [4.78, 5) is 18.9. The minimum Gasteiger partial charge on any atom is -0.303 e. The van der Waals surface area contributed by atoms with Crippen LogP contribution in [0, 0.1) is 19.8 Å². The van der Waals surface area contributed by atoms with Crippen molar-refractivity contribution < 1.29 is 4.79 Å². The Morgan fingerprint density at radius 1 is 1.44 bits per heavy atom. The molecule has 88 valence electrons. The summed E-state index contributed by atoms with van der Waals surface area (Å²) in [6.45, 7) is 7.19. The Morgan fingerprint density at radius 2 is 2.12 bits per heavy atom. The third-order valence-corrected chi connectivity index (χ3v) is 4.31. The van der Waals surface area contributed by atoms with Crippen molar-refractivity contribution in [1.82, 2.24) is 9.88 Å². The van der Waals surface area contributed by atoms with Crippen molar-refractivity contribution in [2.24, 2.45) is 5.92 Å². The van der Waals surface area contributed by atoms with E-state index in [-0.39, 0.29) is 5.92 Å². The van der Waals surface area contributed by atoms with Crippen LogP contribution >= 0.6 is 11.3 Å². The van der Waals surface area contributed by atoms with Crippen molar-refractivity contribution in [3.63, 3.8) is 0 Å². The zero-order valence-corrected chi connectivity index (χ0v) is 10.7. The maximum atomic E-state index is 10.6. The van der Waals surface area contributed by atoms with Crippen LogP contribution in [0.5, 0.6) is 0 Å². The zero-order valence-electron chi connectivity index (χ0n) is 9.90. The molecule has 0 saturated carbocycles. The average Bonchev–Trinajstić information content (AvgIpc) is 2.59. The van der Waals surface area contributed by atoms with Gasteiger partial charge >= 0.3 is 0 Å². The molecule has 2 rings (SSSR count). The highest BCUT2D eigenvalue weighted by Crippen LogP contribution is 2.21. The van der Waals surface area contributed by atoms with Crippen LogP contribution in [-0.2, 0) is 11.3 Å². The Labute approximate surface area is 100 Å². The Morgan fingerprint density at radius 3 is 2.62 bits per heavy atom. The van der Waals surface area contributed by atoms with E-state index in [1.807, 2.05) is 0 Å². The smallest absolute Gasteiger partial charge is 0.123 e. The number of piperidine rings is 1. The molecule has 1 aliphatic heterocycles. The number of thiazole rings is 1. The summed E-state index contributed by atoms with van der Waals surface area (Å²) in [5, 5.41) is 1.21. The van der Waals surface area contributed by atoms with Gasteiger partial charge in [0.2, 0.25) is 0 Å². The maximum absolute atomic E-state index is 10.6. The largest absolute Gasteiger partial charge is 0.303 e. The van der Waals surface area contributed by atoms with Crippen molar-refractivity contribution in [2.75, 3.05) is 13.1 Å². The van der Waals surface area contributed by atoms with Crippen LogP contribution in [-0.4, -0.2) is 29.3 Å². The summed E-state index contributed by atoms with van der Waals surface area (Å²) in [6, 6.07) is 0. The second kappa shape index (κ2) is 5.06. The van der Waals surface area contributed by atoms with E-state index in [1.54, 1.807) is 11.3 Å². The number of aldehydes is 1. The molecule has 1 fully saturated rings. The number of rotatable bonds is 3. The van der Waals surface area contributed by atoms with Crippen molar-refractivity contribution in [1.29, 1.82) is 0 Å². The van der Waals surface area contributed by atoms with Gasteiger partial charge in [-0.25, -0.2) is 4.98 Å². The summed E-state index contributed by atoms with van der Waals surface area (Å²) < 4.78 is 0. The molecule has 0 radical (unpaired) electrons. The van der Waals surface area contributed by atoms with Gasteiger partial charge in [-0.2, -0.15) is 0 Å². The lowest BCUT2D eigenvalue weighted by Crippen LogP contribution is -2.33. The summed E-state index contributed by atoms with van der Waals surface area (Å²) in [5.41, 5.74) is 1.16. The fourth-order valence-corrected chi connectivity index (χ4v) is 3.02. The van der Waals surface area contributed by atoms with Gasteiger partial charge in [-0.05, 0) is 39.8 Å². The third-order valence-electron chi connectivity index (χ3n) is 3.26. The number of aryl methyl sites for hydroxylation is 2. The van der Waals surface area contributed by atoms with Crippen LogP contribution in [0.25, 0.3) is 0 Å². The molecule has 3 nitrogen and oxygen atoms in total. The Kier molecular flexibility index (Phi) is 3.71. The van der Waals surface area contributed by atoms with Crippen LogP contribution in [0.3, 0.4) is 0 Å². The topological polar surface area (TPSA) is 33.2 Å². The van der Waals surface area contributed by atoms with E-state index in [4.69, 9.17) is 0 Å². The molecule has 0 amide bonds. The minimum atomic E-state index is 0.288. The minimum absolute atomic E-state index is 0.288. The highest BCUT2D eigenvalue weighted by Gasteiger charge is 2.19. The highest BCUT2D eigenvalue weighted by molar-refractivity contribution is 7.11. The normalized spacial score (nSPS) is 18.9. The van der Waals surface area contributed by atoms with Gasteiger partial charge in [0, 0.05) is 10.8 Å². The number of carbonyl (C=O) groups is 1. The molecule has 1 aromatic heterocycles. The predicted molar refractivity (Wildman–Crippen MR) is 65.7 cm³/mol. The molecule has 16 heavy (non-hydrogen) atoms. The lowest BCUT2D eigenvalue weighted by atomic mass is 9.99. The lowest BCUT2D eigenvalue weighted by molar-refractivity contribution is -0.112. The molecule has 4 heteroatoms. The number of nitrogens with zero attached hydrogens (tertiary/aromatic N) is 2. The quantitative estimate of drug-likeness (QED) is 0.757. The Hall–Kier alpha value is -0.740. The zero-order chi connectivity index (χ0) is 11.5. The van der Waals surface area contributed by atoms with Crippen LogP contribution < -0.4 is 0 Å². The molecule has 0 spiro atoms. The van der Waals surface area contributed by atoms with E-state index in [2.05, 4.69) is 23.7 Å². The van der Waals surface area contributed by atoms with Crippen LogP contribution in [0.15, 0.2) is 0 Å². The first kappa shape index (κ1) is 11.7. The molecule has 1 aromatic rings. The molecular weight excluding hydrogens is 220 g/mol. The molecule has 1 saturated heterocycles. The molecule has 2 heterocycles. The molecule has 0 aromatic carbocycles. The molecular formula is C12H18N2OS. The van der Waals surface area contributed by atoms with Crippen LogP contribution in [0.4, 0.5) is 0 Å². The van der Waals surface area contributed by atoms with Gasteiger partial charge in [0.15, 0.2) is 0 Å². The summed E-state index contributed by atoms with van der Waals surface area (Å²) in [7, 11) is 0. The van der Waals surface area contributed by atoms with Crippen molar-refractivity contribution in [3.05, 3.63) is 15.6 Å². The average molecular weight is 238 g/mol. The second-order valence-electron chi connectivity index (χ2n) is 4.50. The van der Waals surface area contributed by atoms with Crippen molar-refractivity contribution in [3.8, 4) is 0 Å². The molecule has 0 unspecified atom stereocenters. The SMILES string of the molecule is Cc1nc(CN2CCC(C=O)CC2)sc1C. The third kappa shape index (κ3) is 2.68. The summed E-state index contributed by atoms with van der Waals surface area (Å²) >= 11 is 1.79. The van der Waals surface area contributed by atoms with Gasteiger partial charge in [0.05, 0.1) is 12.2 Å². The number of aromatic nitrogens is 1. The van der Waals surface area contributed by atoms with Gasteiger partial charge in [0.25, 0.3) is 0 Å². The van der Waals surface area contributed by atoms with Gasteiger partial charge in [0.1, 0.15) is 11.3 Å². The van der Waals surface area contributed by atoms with Crippen molar-refractivity contribution in [2.45, 2.75) is 33.2 Å². The van der Waals surface area contributed by atoms with Gasteiger partial charge in [-0.1, -0.05) is 0 Å². The number of likely N-dealkylation sites (tertiary alicyclic amines) is 1. The van der Waals surface area contributed by atoms with E-state index in [1.165, 1.54) is 9.88 Å². The highest BCUT2D eigenvalue weighted by atomic mass is 32.1. The van der Waals surface area contributed by atoms with E-state index < -0.39 is 0 Å². The molecule has 0 N–H and O–H groups in total. The van der Waals surface area contributed by atoms with Crippen LogP contribution in [0.2, 0.25) is 0 Å². The van der Waals surface area contributed by atoms with Gasteiger partial charge in [-0.15, -0.1) is 11.3 Å². The van der Waals surface area contributed by atoms with Gasteiger partial charge in [-0.3, -0.25) is 4.90 Å². The molecule has 0 bridgehead atoms. The first-order valence-corrected chi connectivity index (χ1v) is 6.61. The van der Waals surface area contributed by atoms with Crippen LogP contribution in [0.1, 0.15) is 28.4 Å². The number of hydrogen-bond donors (Lipinski definition) is 0. The Bertz CT molecular complexity index is 348. The van der Waals surface area contributed by atoms with Gasteiger partial charge < -0.3 is 4.79 Å².